The number of aromatic nitrogens is 1. The second-order valence-electron chi connectivity index (χ2n) is 6.59. The van der Waals surface area contributed by atoms with E-state index in [9.17, 15) is 9.59 Å². The molecule has 3 rings (SSSR count). The van der Waals surface area contributed by atoms with E-state index in [-0.39, 0.29) is 17.7 Å². The molecule has 1 aromatic heterocycles. The Labute approximate surface area is 153 Å². The standard InChI is InChI=1S/C20H24N4O2/c1-24(14-15-6-3-2-4-7-15)19-16(8-5-11-21-19)12-23-20(26)17-9-10-18(25)22-13-17/h2-8,11,17H,9-10,12-14H2,1H3,(H,22,25)(H,23,26)/t17-/m0/s1. The Morgan fingerprint density at radius 1 is 1.27 bits per heavy atom. The Hall–Kier alpha value is -2.89. The Morgan fingerprint density at radius 2 is 2.08 bits per heavy atom. The fourth-order valence-electron chi connectivity index (χ4n) is 3.13. The summed E-state index contributed by atoms with van der Waals surface area (Å²) >= 11 is 0. The van der Waals surface area contributed by atoms with Crippen LogP contribution in [0.15, 0.2) is 48.7 Å². The number of piperidine rings is 1. The van der Waals surface area contributed by atoms with Gasteiger partial charge in [0.25, 0.3) is 0 Å². The molecule has 1 aromatic carbocycles. The third-order valence-corrected chi connectivity index (χ3v) is 4.58. The SMILES string of the molecule is CN(Cc1ccccc1)c1ncccc1CNC(=O)[C@H]1CCC(=O)NC1. The first-order valence-electron chi connectivity index (χ1n) is 8.87. The first kappa shape index (κ1) is 17.9. The highest BCUT2D eigenvalue weighted by atomic mass is 16.2. The molecule has 0 unspecified atom stereocenters. The number of pyridine rings is 1. The molecule has 6 heteroatoms. The summed E-state index contributed by atoms with van der Waals surface area (Å²) in [5.74, 6) is 0.695. The molecule has 136 valence electrons. The molecule has 0 bridgehead atoms. The molecule has 1 aliphatic heterocycles. The fourth-order valence-corrected chi connectivity index (χ4v) is 3.13. The van der Waals surface area contributed by atoms with Crippen LogP contribution in [0.5, 0.6) is 0 Å². The van der Waals surface area contributed by atoms with Crippen molar-refractivity contribution < 1.29 is 9.59 Å². The molecule has 1 atom stereocenters. The van der Waals surface area contributed by atoms with Crippen molar-refractivity contribution in [3.63, 3.8) is 0 Å². The molecule has 0 saturated carbocycles. The van der Waals surface area contributed by atoms with Crippen LogP contribution in [0.25, 0.3) is 0 Å². The molecule has 6 nitrogen and oxygen atoms in total. The number of carbonyl (C=O) groups excluding carboxylic acids is 2. The second-order valence-corrected chi connectivity index (χ2v) is 6.59. The Balaban J connectivity index is 1.61. The second kappa shape index (κ2) is 8.47. The molecular formula is C20H24N4O2. The van der Waals surface area contributed by atoms with E-state index in [1.54, 1.807) is 6.20 Å². The molecule has 2 amide bonds. The minimum absolute atomic E-state index is 0.0196. The smallest absolute Gasteiger partial charge is 0.225 e. The number of hydrogen-bond acceptors (Lipinski definition) is 4. The van der Waals surface area contributed by atoms with Crippen molar-refractivity contribution in [3.8, 4) is 0 Å². The Kier molecular flexibility index (Phi) is 5.84. The van der Waals surface area contributed by atoms with Crippen molar-refractivity contribution in [2.75, 3.05) is 18.5 Å². The zero-order valence-corrected chi connectivity index (χ0v) is 14.9. The van der Waals surface area contributed by atoms with Gasteiger partial charge in [0, 0.05) is 44.9 Å². The topological polar surface area (TPSA) is 74.3 Å². The molecule has 2 N–H and O–H groups in total. The Bertz CT molecular complexity index is 753. The van der Waals surface area contributed by atoms with Gasteiger partial charge in [0.15, 0.2) is 0 Å². The van der Waals surface area contributed by atoms with Crippen molar-refractivity contribution in [2.24, 2.45) is 5.92 Å². The average Bonchev–Trinajstić information content (AvgIpc) is 2.67. The number of hydrogen-bond donors (Lipinski definition) is 2. The maximum absolute atomic E-state index is 12.4. The van der Waals surface area contributed by atoms with E-state index in [1.165, 1.54) is 5.56 Å². The van der Waals surface area contributed by atoms with Crippen LogP contribution in [0.4, 0.5) is 5.82 Å². The number of nitrogens with zero attached hydrogens (tertiary/aromatic N) is 2. The lowest BCUT2D eigenvalue weighted by Crippen LogP contribution is -2.42. The summed E-state index contributed by atoms with van der Waals surface area (Å²) in [5, 5.41) is 5.73. The van der Waals surface area contributed by atoms with Gasteiger partial charge in [-0.1, -0.05) is 36.4 Å². The summed E-state index contributed by atoms with van der Waals surface area (Å²) in [6.45, 7) is 1.58. The lowest BCUT2D eigenvalue weighted by Gasteiger charge is -2.23. The molecule has 0 aliphatic carbocycles. The molecule has 1 fully saturated rings. The summed E-state index contributed by atoms with van der Waals surface area (Å²) in [7, 11) is 2.00. The van der Waals surface area contributed by atoms with Gasteiger partial charge in [-0.15, -0.1) is 0 Å². The number of amides is 2. The van der Waals surface area contributed by atoms with E-state index in [0.29, 0.717) is 25.9 Å². The first-order valence-corrected chi connectivity index (χ1v) is 8.87. The molecule has 2 heterocycles. The highest BCUT2D eigenvalue weighted by molar-refractivity contribution is 5.83. The number of anilines is 1. The van der Waals surface area contributed by atoms with Crippen LogP contribution in [-0.4, -0.2) is 30.4 Å². The molecule has 1 aliphatic rings. The normalized spacial score (nSPS) is 16.7. The number of nitrogens with one attached hydrogen (secondary N) is 2. The van der Waals surface area contributed by atoms with Gasteiger partial charge in [-0.05, 0) is 18.1 Å². The maximum atomic E-state index is 12.4. The van der Waals surface area contributed by atoms with Crippen molar-refractivity contribution in [1.29, 1.82) is 0 Å². The molecular weight excluding hydrogens is 328 g/mol. The Morgan fingerprint density at radius 3 is 2.81 bits per heavy atom. The highest BCUT2D eigenvalue weighted by Gasteiger charge is 2.24. The average molecular weight is 352 g/mol. The van der Waals surface area contributed by atoms with Gasteiger partial charge in [0.05, 0.1) is 5.92 Å². The van der Waals surface area contributed by atoms with Gasteiger partial charge in [0.2, 0.25) is 11.8 Å². The van der Waals surface area contributed by atoms with Crippen LogP contribution in [-0.2, 0) is 22.7 Å². The van der Waals surface area contributed by atoms with Gasteiger partial charge >= 0.3 is 0 Å². The van der Waals surface area contributed by atoms with Crippen LogP contribution in [0.1, 0.15) is 24.0 Å². The zero-order chi connectivity index (χ0) is 18.4. The van der Waals surface area contributed by atoms with Crippen molar-refractivity contribution in [3.05, 3.63) is 59.8 Å². The van der Waals surface area contributed by atoms with Crippen LogP contribution in [0.3, 0.4) is 0 Å². The largest absolute Gasteiger partial charge is 0.355 e. The first-order chi connectivity index (χ1) is 12.6. The molecule has 0 spiro atoms. The predicted octanol–water partition coefficient (Wildman–Crippen LogP) is 1.86. The molecule has 0 radical (unpaired) electrons. The van der Waals surface area contributed by atoms with Crippen LogP contribution < -0.4 is 15.5 Å². The minimum Gasteiger partial charge on any atom is -0.355 e. The van der Waals surface area contributed by atoms with Gasteiger partial charge in [-0.25, -0.2) is 4.98 Å². The maximum Gasteiger partial charge on any atom is 0.225 e. The van der Waals surface area contributed by atoms with E-state index < -0.39 is 0 Å². The van der Waals surface area contributed by atoms with E-state index in [2.05, 4.69) is 32.7 Å². The third kappa shape index (κ3) is 4.59. The van der Waals surface area contributed by atoms with E-state index in [0.717, 1.165) is 17.9 Å². The van der Waals surface area contributed by atoms with Crippen molar-refractivity contribution in [1.82, 2.24) is 15.6 Å². The monoisotopic (exact) mass is 352 g/mol. The summed E-state index contributed by atoms with van der Waals surface area (Å²) in [4.78, 5) is 30.2. The summed E-state index contributed by atoms with van der Waals surface area (Å²) < 4.78 is 0. The highest BCUT2D eigenvalue weighted by Crippen LogP contribution is 2.18. The summed E-state index contributed by atoms with van der Waals surface area (Å²) in [6, 6.07) is 14.1. The van der Waals surface area contributed by atoms with E-state index in [4.69, 9.17) is 0 Å². The van der Waals surface area contributed by atoms with Crippen molar-refractivity contribution >= 4 is 17.6 Å². The van der Waals surface area contributed by atoms with Gasteiger partial charge in [-0.2, -0.15) is 0 Å². The molecule has 1 saturated heterocycles. The van der Waals surface area contributed by atoms with Crippen LogP contribution >= 0.6 is 0 Å². The van der Waals surface area contributed by atoms with E-state index >= 15 is 0 Å². The number of rotatable bonds is 6. The number of carbonyl (C=O) groups is 2. The van der Waals surface area contributed by atoms with Gasteiger partial charge in [-0.3, -0.25) is 9.59 Å². The number of benzene rings is 1. The lowest BCUT2D eigenvalue weighted by atomic mass is 9.98. The minimum atomic E-state index is -0.158. The molecule has 26 heavy (non-hydrogen) atoms. The quantitative estimate of drug-likeness (QED) is 0.832. The molecule has 2 aromatic rings. The third-order valence-electron chi connectivity index (χ3n) is 4.58. The summed E-state index contributed by atoms with van der Waals surface area (Å²) in [6.07, 6.45) is 2.78. The van der Waals surface area contributed by atoms with Crippen LogP contribution in [0.2, 0.25) is 0 Å². The van der Waals surface area contributed by atoms with Gasteiger partial charge < -0.3 is 15.5 Å². The van der Waals surface area contributed by atoms with Crippen LogP contribution in [0, 0.1) is 5.92 Å². The van der Waals surface area contributed by atoms with E-state index in [1.807, 2.05) is 37.4 Å². The van der Waals surface area contributed by atoms with Crippen molar-refractivity contribution in [2.45, 2.75) is 25.9 Å². The lowest BCUT2D eigenvalue weighted by molar-refractivity contribution is -0.129. The summed E-state index contributed by atoms with van der Waals surface area (Å²) in [5.41, 5.74) is 2.17. The van der Waals surface area contributed by atoms with Gasteiger partial charge in [0.1, 0.15) is 5.82 Å². The zero-order valence-electron chi connectivity index (χ0n) is 14.9. The predicted molar refractivity (Wildman–Crippen MR) is 100 cm³/mol. The fraction of sp³-hybridized carbons (Fsp3) is 0.350.